The fourth-order valence-electron chi connectivity index (χ4n) is 2.55. The molecule has 2 aromatic rings. The average molecular weight is 331 g/mol. The van der Waals surface area contributed by atoms with Crippen molar-refractivity contribution in [3.63, 3.8) is 0 Å². The lowest BCUT2D eigenvalue weighted by Gasteiger charge is -2.16. The highest BCUT2D eigenvalue weighted by Crippen LogP contribution is 2.28. The van der Waals surface area contributed by atoms with Gasteiger partial charge >= 0.3 is 0 Å². The van der Waals surface area contributed by atoms with Gasteiger partial charge in [-0.05, 0) is 25.8 Å². The van der Waals surface area contributed by atoms with E-state index in [1.54, 1.807) is 0 Å². The summed E-state index contributed by atoms with van der Waals surface area (Å²) < 4.78 is 5.83. The molecule has 130 valence electrons. The number of nitrogens with one attached hydrogen (secondary N) is 2. The fraction of sp³-hybridized carbons (Fsp3) is 0.444. The third kappa shape index (κ3) is 3.94. The maximum Gasteiger partial charge on any atom is 0.239 e. The quantitative estimate of drug-likeness (QED) is 0.754. The van der Waals surface area contributed by atoms with Gasteiger partial charge in [0.25, 0.3) is 0 Å². The predicted molar refractivity (Wildman–Crippen MR) is 93.3 cm³/mol. The predicted octanol–water partition coefficient (Wildman–Crippen LogP) is 2.02. The summed E-state index contributed by atoms with van der Waals surface area (Å²) in [5.41, 5.74) is 7.54. The molecular formula is C18H25N3O3. The molecule has 0 aliphatic heterocycles. The largest absolute Gasteiger partial charge is 0.459 e. The second-order valence-corrected chi connectivity index (χ2v) is 6.36. The highest BCUT2D eigenvalue weighted by atomic mass is 16.3. The zero-order valence-electron chi connectivity index (χ0n) is 14.6. The molecule has 4 N–H and O–H groups in total. The van der Waals surface area contributed by atoms with Crippen LogP contribution in [0.15, 0.2) is 28.7 Å². The van der Waals surface area contributed by atoms with Crippen LogP contribution >= 0.6 is 0 Å². The number of fused-ring (bicyclic) bond motifs is 1. The SMILES string of the molecule is Cc1c(C(C)NC(=O)CNC(=O)[C@@H](N)C(C)C)oc2ccccc12. The van der Waals surface area contributed by atoms with E-state index in [2.05, 4.69) is 10.6 Å². The van der Waals surface area contributed by atoms with Gasteiger partial charge in [-0.3, -0.25) is 9.59 Å². The van der Waals surface area contributed by atoms with Gasteiger partial charge < -0.3 is 20.8 Å². The van der Waals surface area contributed by atoms with Crippen molar-refractivity contribution in [1.29, 1.82) is 0 Å². The van der Waals surface area contributed by atoms with Gasteiger partial charge in [-0.15, -0.1) is 0 Å². The highest BCUT2D eigenvalue weighted by Gasteiger charge is 2.20. The van der Waals surface area contributed by atoms with E-state index in [1.165, 1.54) is 0 Å². The molecule has 2 atom stereocenters. The van der Waals surface area contributed by atoms with E-state index in [0.717, 1.165) is 22.3 Å². The van der Waals surface area contributed by atoms with Gasteiger partial charge in [0.1, 0.15) is 11.3 Å². The topological polar surface area (TPSA) is 97.4 Å². The van der Waals surface area contributed by atoms with E-state index in [9.17, 15) is 9.59 Å². The smallest absolute Gasteiger partial charge is 0.239 e. The lowest BCUT2D eigenvalue weighted by Crippen LogP contribution is -2.47. The number of nitrogens with two attached hydrogens (primary N) is 1. The molecule has 2 amide bonds. The molecule has 1 heterocycles. The monoisotopic (exact) mass is 331 g/mol. The van der Waals surface area contributed by atoms with Gasteiger partial charge in [-0.25, -0.2) is 0 Å². The van der Waals surface area contributed by atoms with E-state index < -0.39 is 6.04 Å². The fourth-order valence-corrected chi connectivity index (χ4v) is 2.55. The summed E-state index contributed by atoms with van der Waals surface area (Å²) in [4.78, 5) is 23.8. The minimum atomic E-state index is -0.618. The molecule has 0 saturated carbocycles. The van der Waals surface area contributed by atoms with Crippen molar-refractivity contribution in [3.05, 3.63) is 35.6 Å². The maximum absolute atomic E-state index is 12.0. The Kier molecular flexibility index (Phi) is 5.62. The Bertz CT molecular complexity index is 736. The standard InChI is InChI=1S/C18H25N3O3/c1-10(2)16(19)18(23)20-9-15(22)21-12(4)17-11(3)13-7-5-6-8-14(13)24-17/h5-8,10,12,16H,9,19H2,1-4H3,(H,20,23)(H,21,22)/t12?,16-/m0/s1. The van der Waals surface area contributed by atoms with Crippen LogP contribution in [-0.4, -0.2) is 24.4 Å². The number of carbonyl (C=O) groups is 2. The van der Waals surface area contributed by atoms with Gasteiger partial charge in [0, 0.05) is 10.9 Å². The van der Waals surface area contributed by atoms with Crippen LogP contribution in [0.4, 0.5) is 0 Å². The Balaban J connectivity index is 1.96. The van der Waals surface area contributed by atoms with Gasteiger partial charge in [0.15, 0.2) is 0 Å². The first kappa shape index (κ1) is 18.0. The number of aryl methyl sites for hydroxylation is 1. The molecule has 0 aliphatic carbocycles. The zero-order valence-corrected chi connectivity index (χ0v) is 14.6. The number of amides is 2. The van der Waals surface area contributed by atoms with Crippen molar-refractivity contribution in [2.45, 2.75) is 39.8 Å². The molecule has 0 bridgehead atoms. The first-order valence-corrected chi connectivity index (χ1v) is 8.12. The van der Waals surface area contributed by atoms with Crippen LogP contribution in [0.25, 0.3) is 11.0 Å². The van der Waals surface area contributed by atoms with Crippen LogP contribution in [0.1, 0.15) is 38.1 Å². The number of benzene rings is 1. The van der Waals surface area contributed by atoms with Crippen molar-refractivity contribution >= 4 is 22.8 Å². The Morgan fingerprint density at radius 2 is 1.88 bits per heavy atom. The van der Waals surface area contributed by atoms with E-state index >= 15 is 0 Å². The lowest BCUT2D eigenvalue weighted by atomic mass is 10.1. The van der Waals surface area contributed by atoms with Crippen LogP contribution in [0.3, 0.4) is 0 Å². The van der Waals surface area contributed by atoms with Crippen molar-refractivity contribution in [3.8, 4) is 0 Å². The minimum Gasteiger partial charge on any atom is -0.459 e. The van der Waals surface area contributed by atoms with Crippen LogP contribution in [-0.2, 0) is 9.59 Å². The summed E-state index contributed by atoms with van der Waals surface area (Å²) in [7, 11) is 0. The van der Waals surface area contributed by atoms with Crippen LogP contribution in [0.2, 0.25) is 0 Å². The summed E-state index contributed by atoms with van der Waals surface area (Å²) in [6.45, 7) is 7.42. The summed E-state index contributed by atoms with van der Waals surface area (Å²) in [5.74, 6) is 0.124. The molecule has 1 aromatic carbocycles. The first-order chi connectivity index (χ1) is 11.3. The second-order valence-electron chi connectivity index (χ2n) is 6.36. The van der Waals surface area contributed by atoms with E-state index in [4.69, 9.17) is 10.2 Å². The highest BCUT2D eigenvalue weighted by molar-refractivity contribution is 5.87. The molecule has 0 spiro atoms. The molecule has 0 aliphatic rings. The van der Waals surface area contributed by atoms with Crippen LogP contribution < -0.4 is 16.4 Å². The number of para-hydroxylation sites is 1. The van der Waals surface area contributed by atoms with Gasteiger partial charge in [0.2, 0.25) is 11.8 Å². The number of hydrogen-bond donors (Lipinski definition) is 3. The van der Waals surface area contributed by atoms with Crippen LogP contribution in [0, 0.1) is 12.8 Å². The Morgan fingerprint density at radius 3 is 2.50 bits per heavy atom. The normalized spacial score (nSPS) is 13.8. The van der Waals surface area contributed by atoms with Crippen molar-refractivity contribution in [2.24, 2.45) is 11.7 Å². The summed E-state index contributed by atoms with van der Waals surface area (Å²) >= 11 is 0. The van der Waals surface area contributed by atoms with E-state index in [-0.39, 0.29) is 30.3 Å². The summed E-state index contributed by atoms with van der Waals surface area (Å²) in [6.07, 6.45) is 0. The molecule has 24 heavy (non-hydrogen) atoms. The molecule has 0 radical (unpaired) electrons. The number of carbonyl (C=O) groups excluding carboxylic acids is 2. The van der Waals surface area contributed by atoms with Gasteiger partial charge in [-0.2, -0.15) is 0 Å². The summed E-state index contributed by atoms with van der Waals surface area (Å²) in [6, 6.07) is 6.83. The minimum absolute atomic E-state index is 0.0187. The third-order valence-corrected chi connectivity index (χ3v) is 4.10. The van der Waals surface area contributed by atoms with E-state index in [0.29, 0.717) is 0 Å². The van der Waals surface area contributed by atoms with Crippen molar-refractivity contribution in [1.82, 2.24) is 10.6 Å². The van der Waals surface area contributed by atoms with E-state index in [1.807, 2.05) is 52.0 Å². The zero-order chi connectivity index (χ0) is 17.9. The lowest BCUT2D eigenvalue weighted by molar-refractivity contribution is -0.127. The number of hydrogen-bond acceptors (Lipinski definition) is 4. The molecule has 6 nitrogen and oxygen atoms in total. The molecule has 6 heteroatoms. The molecule has 1 aromatic heterocycles. The molecule has 2 rings (SSSR count). The molecule has 0 saturated heterocycles. The Hall–Kier alpha value is -2.34. The second kappa shape index (κ2) is 7.49. The summed E-state index contributed by atoms with van der Waals surface area (Å²) in [5, 5.41) is 6.42. The van der Waals surface area contributed by atoms with Crippen molar-refractivity contribution < 1.29 is 14.0 Å². The Morgan fingerprint density at radius 1 is 1.21 bits per heavy atom. The molecule has 1 unspecified atom stereocenters. The van der Waals surface area contributed by atoms with Gasteiger partial charge in [-0.1, -0.05) is 32.0 Å². The third-order valence-electron chi connectivity index (χ3n) is 4.10. The Labute approximate surface area is 141 Å². The molecular weight excluding hydrogens is 306 g/mol. The number of rotatable bonds is 6. The van der Waals surface area contributed by atoms with Crippen molar-refractivity contribution in [2.75, 3.05) is 6.54 Å². The van der Waals surface area contributed by atoms with Gasteiger partial charge in [0.05, 0.1) is 18.6 Å². The first-order valence-electron chi connectivity index (χ1n) is 8.12. The van der Waals surface area contributed by atoms with Crippen LogP contribution in [0.5, 0.6) is 0 Å². The molecule has 0 fully saturated rings. The maximum atomic E-state index is 12.0. The average Bonchev–Trinajstić information content (AvgIpc) is 2.89. The number of furan rings is 1.